The highest BCUT2D eigenvalue weighted by Crippen LogP contribution is 2.11. The van der Waals surface area contributed by atoms with Gasteiger partial charge in [-0.15, -0.1) is 0 Å². The second-order valence-electron chi connectivity index (χ2n) is 4.72. The Morgan fingerprint density at radius 3 is 2.13 bits per heavy atom. The maximum atomic E-state index is 4.09. The molecule has 1 nitrogen and oxygen atoms in total. The van der Waals surface area contributed by atoms with Gasteiger partial charge in [0.15, 0.2) is 0 Å². The van der Waals surface area contributed by atoms with Crippen LogP contribution in [0.15, 0.2) is 24.3 Å². The standard InChI is InChI=1S/C14H27N/c1-7-13(4)8-10-15(6)11-9-14(5)12(2)3/h12H,4-5,7-11H2,1-3,6H3. The molecular formula is C14H27N. The van der Waals surface area contributed by atoms with Crippen LogP contribution in [0.2, 0.25) is 0 Å². The molecule has 0 heterocycles. The molecule has 0 saturated carbocycles. The molecule has 0 atom stereocenters. The summed E-state index contributed by atoms with van der Waals surface area (Å²) in [6.45, 7) is 16.9. The zero-order valence-electron chi connectivity index (χ0n) is 11.0. The van der Waals surface area contributed by atoms with Gasteiger partial charge in [0, 0.05) is 13.1 Å². The molecule has 0 aliphatic rings. The van der Waals surface area contributed by atoms with Crippen LogP contribution in [0.5, 0.6) is 0 Å². The van der Waals surface area contributed by atoms with Gasteiger partial charge < -0.3 is 4.90 Å². The number of hydrogen-bond acceptors (Lipinski definition) is 1. The second kappa shape index (κ2) is 7.70. The quantitative estimate of drug-likeness (QED) is 0.548. The van der Waals surface area contributed by atoms with Crippen LogP contribution in [-0.2, 0) is 0 Å². The van der Waals surface area contributed by atoms with Gasteiger partial charge in [-0.1, -0.05) is 45.1 Å². The maximum Gasteiger partial charge on any atom is 0.00157 e. The number of hydrogen-bond donors (Lipinski definition) is 0. The third-order valence-electron chi connectivity index (χ3n) is 2.98. The van der Waals surface area contributed by atoms with Gasteiger partial charge in [0.05, 0.1) is 0 Å². The zero-order valence-corrected chi connectivity index (χ0v) is 11.0. The molecule has 0 spiro atoms. The van der Waals surface area contributed by atoms with Gasteiger partial charge in [0.1, 0.15) is 0 Å². The van der Waals surface area contributed by atoms with Crippen LogP contribution < -0.4 is 0 Å². The summed E-state index contributed by atoms with van der Waals surface area (Å²) in [5.41, 5.74) is 2.71. The minimum absolute atomic E-state index is 0.615. The Labute approximate surface area is 95.9 Å². The summed E-state index contributed by atoms with van der Waals surface area (Å²) in [7, 11) is 2.18. The summed E-state index contributed by atoms with van der Waals surface area (Å²) in [5.74, 6) is 0.615. The highest BCUT2D eigenvalue weighted by atomic mass is 15.1. The van der Waals surface area contributed by atoms with Crippen LogP contribution in [-0.4, -0.2) is 25.0 Å². The lowest BCUT2D eigenvalue weighted by atomic mass is 10.0. The van der Waals surface area contributed by atoms with Crippen LogP contribution in [0.4, 0.5) is 0 Å². The molecule has 0 amide bonds. The van der Waals surface area contributed by atoms with E-state index in [4.69, 9.17) is 0 Å². The van der Waals surface area contributed by atoms with Crippen molar-refractivity contribution in [2.75, 3.05) is 20.1 Å². The first kappa shape index (κ1) is 14.4. The van der Waals surface area contributed by atoms with Gasteiger partial charge in [-0.2, -0.15) is 0 Å². The van der Waals surface area contributed by atoms with Crippen molar-refractivity contribution in [3.8, 4) is 0 Å². The summed E-state index contributed by atoms with van der Waals surface area (Å²) in [4.78, 5) is 2.37. The van der Waals surface area contributed by atoms with E-state index in [1.54, 1.807) is 0 Å². The van der Waals surface area contributed by atoms with Crippen molar-refractivity contribution in [2.24, 2.45) is 5.92 Å². The smallest absolute Gasteiger partial charge is 0.00157 e. The third kappa shape index (κ3) is 7.38. The van der Waals surface area contributed by atoms with Gasteiger partial charge in [-0.25, -0.2) is 0 Å². The molecule has 0 aromatic carbocycles. The molecule has 0 saturated heterocycles. The molecule has 0 rings (SSSR count). The van der Waals surface area contributed by atoms with E-state index in [-0.39, 0.29) is 0 Å². The summed E-state index contributed by atoms with van der Waals surface area (Å²) in [5, 5.41) is 0. The van der Waals surface area contributed by atoms with Gasteiger partial charge in [-0.05, 0) is 32.2 Å². The van der Waals surface area contributed by atoms with E-state index in [1.165, 1.54) is 11.1 Å². The van der Waals surface area contributed by atoms with Gasteiger partial charge in [-0.3, -0.25) is 0 Å². The average molecular weight is 209 g/mol. The lowest BCUT2D eigenvalue weighted by Crippen LogP contribution is -2.22. The fourth-order valence-corrected chi connectivity index (χ4v) is 1.26. The van der Waals surface area contributed by atoms with E-state index < -0.39 is 0 Å². The Kier molecular flexibility index (Phi) is 7.41. The van der Waals surface area contributed by atoms with Crippen LogP contribution in [0.1, 0.15) is 40.0 Å². The van der Waals surface area contributed by atoms with Crippen LogP contribution in [0.25, 0.3) is 0 Å². The Morgan fingerprint density at radius 1 is 1.13 bits per heavy atom. The predicted molar refractivity (Wildman–Crippen MR) is 70.1 cm³/mol. The van der Waals surface area contributed by atoms with Crippen LogP contribution >= 0.6 is 0 Å². The topological polar surface area (TPSA) is 3.24 Å². The second-order valence-corrected chi connectivity index (χ2v) is 4.72. The normalized spacial score (nSPS) is 11.1. The Balaban J connectivity index is 3.61. The minimum atomic E-state index is 0.615. The van der Waals surface area contributed by atoms with Crippen LogP contribution in [0.3, 0.4) is 0 Å². The first-order chi connectivity index (χ1) is 6.97. The lowest BCUT2D eigenvalue weighted by Gasteiger charge is -2.18. The Morgan fingerprint density at radius 2 is 1.67 bits per heavy atom. The highest BCUT2D eigenvalue weighted by molar-refractivity contribution is 4.98. The van der Waals surface area contributed by atoms with Gasteiger partial charge >= 0.3 is 0 Å². The van der Waals surface area contributed by atoms with E-state index in [2.05, 4.69) is 45.9 Å². The van der Waals surface area contributed by atoms with Gasteiger partial charge in [0.25, 0.3) is 0 Å². The van der Waals surface area contributed by atoms with Crippen molar-refractivity contribution in [2.45, 2.75) is 40.0 Å². The number of rotatable bonds is 8. The average Bonchev–Trinajstić information content (AvgIpc) is 2.21. The molecule has 0 aliphatic carbocycles. The van der Waals surface area contributed by atoms with Gasteiger partial charge in [0.2, 0.25) is 0 Å². The molecule has 15 heavy (non-hydrogen) atoms. The van der Waals surface area contributed by atoms with Crippen molar-refractivity contribution in [3.05, 3.63) is 24.3 Å². The van der Waals surface area contributed by atoms with E-state index in [9.17, 15) is 0 Å². The molecule has 0 fully saturated rings. The molecule has 0 unspecified atom stereocenters. The van der Waals surface area contributed by atoms with E-state index in [0.29, 0.717) is 5.92 Å². The molecule has 0 aromatic heterocycles. The highest BCUT2D eigenvalue weighted by Gasteiger charge is 2.03. The largest absolute Gasteiger partial charge is 0.306 e. The molecular weight excluding hydrogens is 182 g/mol. The molecule has 1 heteroatoms. The fourth-order valence-electron chi connectivity index (χ4n) is 1.26. The van der Waals surface area contributed by atoms with Crippen molar-refractivity contribution in [1.29, 1.82) is 0 Å². The first-order valence-electron chi connectivity index (χ1n) is 6.00. The Hall–Kier alpha value is -0.560. The van der Waals surface area contributed by atoms with Crippen molar-refractivity contribution in [1.82, 2.24) is 4.90 Å². The summed E-state index contributed by atoms with van der Waals surface area (Å²) < 4.78 is 0. The molecule has 88 valence electrons. The first-order valence-corrected chi connectivity index (χ1v) is 6.00. The summed E-state index contributed by atoms with van der Waals surface area (Å²) in [6, 6.07) is 0. The molecule has 0 N–H and O–H groups in total. The van der Waals surface area contributed by atoms with Crippen molar-refractivity contribution < 1.29 is 0 Å². The van der Waals surface area contributed by atoms with Crippen molar-refractivity contribution in [3.63, 3.8) is 0 Å². The number of nitrogens with zero attached hydrogens (tertiary/aromatic N) is 1. The van der Waals surface area contributed by atoms with E-state index >= 15 is 0 Å². The minimum Gasteiger partial charge on any atom is -0.306 e. The van der Waals surface area contributed by atoms with E-state index in [1.807, 2.05) is 0 Å². The molecule has 0 bridgehead atoms. The predicted octanol–water partition coefficient (Wildman–Crippen LogP) is 3.88. The fraction of sp³-hybridized carbons (Fsp3) is 0.714. The Bertz CT molecular complexity index is 203. The van der Waals surface area contributed by atoms with E-state index in [0.717, 1.165) is 32.4 Å². The molecule has 0 aromatic rings. The summed E-state index contributed by atoms with van der Waals surface area (Å²) in [6.07, 6.45) is 3.35. The molecule has 0 radical (unpaired) electrons. The maximum absolute atomic E-state index is 4.09. The van der Waals surface area contributed by atoms with Crippen LogP contribution in [0, 0.1) is 5.92 Å². The molecule has 0 aliphatic heterocycles. The monoisotopic (exact) mass is 209 g/mol. The third-order valence-corrected chi connectivity index (χ3v) is 2.98. The summed E-state index contributed by atoms with van der Waals surface area (Å²) >= 11 is 0. The SMILES string of the molecule is C=C(CC)CCN(C)CCC(=C)C(C)C. The lowest BCUT2D eigenvalue weighted by molar-refractivity contribution is 0.338. The zero-order chi connectivity index (χ0) is 11.8. The van der Waals surface area contributed by atoms with Crippen molar-refractivity contribution >= 4 is 0 Å².